The van der Waals surface area contributed by atoms with Crippen LogP contribution in [0.3, 0.4) is 0 Å². The monoisotopic (exact) mass is 290 g/mol. The molecule has 2 amide bonds. The zero-order valence-electron chi connectivity index (χ0n) is 12.4. The lowest BCUT2D eigenvalue weighted by molar-refractivity contribution is -0.131. The second kappa shape index (κ2) is 8.79. The van der Waals surface area contributed by atoms with Crippen molar-refractivity contribution in [1.29, 1.82) is 0 Å². The van der Waals surface area contributed by atoms with E-state index in [9.17, 15) is 9.59 Å². The van der Waals surface area contributed by atoms with E-state index in [1.165, 1.54) is 6.08 Å². The van der Waals surface area contributed by atoms with Gasteiger partial charge < -0.3 is 15.7 Å². The van der Waals surface area contributed by atoms with Crippen molar-refractivity contribution in [3.8, 4) is 0 Å². The largest absolute Gasteiger partial charge is 0.478 e. The molecule has 21 heavy (non-hydrogen) atoms. The highest BCUT2D eigenvalue weighted by molar-refractivity contribution is 5.89. The summed E-state index contributed by atoms with van der Waals surface area (Å²) in [7, 11) is 0. The van der Waals surface area contributed by atoms with Gasteiger partial charge in [-0.2, -0.15) is 0 Å². The minimum absolute atomic E-state index is 0.229. The molecule has 0 aliphatic rings. The van der Waals surface area contributed by atoms with Gasteiger partial charge in [0, 0.05) is 18.3 Å². The third-order valence-electron chi connectivity index (χ3n) is 2.83. The number of nitrogens with one attached hydrogen (secondary N) is 2. The van der Waals surface area contributed by atoms with Gasteiger partial charge in [0.25, 0.3) is 0 Å². The van der Waals surface area contributed by atoms with Crippen LogP contribution >= 0.6 is 0 Å². The Kier molecular flexibility index (Phi) is 7.01. The Bertz CT molecular complexity index is 493. The quantitative estimate of drug-likeness (QED) is 0.532. The van der Waals surface area contributed by atoms with Gasteiger partial charge in [0.1, 0.15) is 0 Å². The number of hydrogen-bond acceptors (Lipinski definition) is 2. The number of carbonyl (C=O) groups excluding carboxylic acids is 1. The number of carboxylic acid groups (broad SMARTS) is 1. The summed E-state index contributed by atoms with van der Waals surface area (Å²) in [5, 5.41) is 14.1. The van der Waals surface area contributed by atoms with Crippen LogP contribution < -0.4 is 10.6 Å². The smallest absolute Gasteiger partial charge is 0.328 e. The molecule has 0 unspecified atom stereocenters. The van der Waals surface area contributed by atoms with Crippen molar-refractivity contribution in [3.05, 3.63) is 35.9 Å². The molecule has 5 nitrogen and oxygen atoms in total. The fraction of sp³-hybridized carbons (Fsp3) is 0.375. The first-order valence-corrected chi connectivity index (χ1v) is 7.03. The Hall–Kier alpha value is -2.30. The second-order valence-corrected chi connectivity index (χ2v) is 5.21. The Labute approximate surface area is 125 Å². The number of aliphatic carboxylic acids is 1. The van der Waals surface area contributed by atoms with Crippen LogP contribution in [0.25, 0.3) is 6.08 Å². The van der Waals surface area contributed by atoms with Crippen molar-refractivity contribution in [2.45, 2.75) is 26.7 Å². The SMILES string of the molecule is CC(C)CCCNC(=O)Nc1ccc(C=CC(=O)O)cc1. The Morgan fingerprint density at radius 3 is 2.48 bits per heavy atom. The molecule has 3 N–H and O–H groups in total. The Morgan fingerprint density at radius 1 is 1.24 bits per heavy atom. The second-order valence-electron chi connectivity index (χ2n) is 5.21. The van der Waals surface area contributed by atoms with Crippen molar-refractivity contribution in [2.75, 3.05) is 11.9 Å². The van der Waals surface area contributed by atoms with Gasteiger partial charge in [-0.25, -0.2) is 9.59 Å². The fourth-order valence-corrected chi connectivity index (χ4v) is 1.73. The summed E-state index contributed by atoms with van der Waals surface area (Å²) >= 11 is 0. The van der Waals surface area contributed by atoms with Gasteiger partial charge in [-0.05, 0) is 42.5 Å². The summed E-state index contributed by atoms with van der Waals surface area (Å²) in [6.07, 6.45) is 4.62. The predicted octanol–water partition coefficient (Wildman–Crippen LogP) is 3.34. The van der Waals surface area contributed by atoms with Gasteiger partial charge in [-0.15, -0.1) is 0 Å². The molecule has 0 atom stereocenters. The minimum Gasteiger partial charge on any atom is -0.478 e. The maximum Gasteiger partial charge on any atom is 0.328 e. The predicted molar refractivity (Wildman–Crippen MR) is 84.2 cm³/mol. The number of hydrogen-bond donors (Lipinski definition) is 3. The molecule has 0 aromatic heterocycles. The van der Waals surface area contributed by atoms with Crippen LogP contribution in [-0.4, -0.2) is 23.7 Å². The normalized spacial score (nSPS) is 10.8. The number of benzene rings is 1. The zero-order valence-corrected chi connectivity index (χ0v) is 12.4. The summed E-state index contributed by atoms with van der Waals surface area (Å²) in [5.41, 5.74) is 1.43. The lowest BCUT2D eigenvalue weighted by Crippen LogP contribution is -2.29. The van der Waals surface area contributed by atoms with Crippen LogP contribution in [-0.2, 0) is 4.79 Å². The summed E-state index contributed by atoms with van der Waals surface area (Å²) in [6, 6.07) is 6.72. The third-order valence-corrected chi connectivity index (χ3v) is 2.83. The molecule has 1 aromatic carbocycles. The van der Waals surface area contributed by atoms with E-state index in [1.807, 2.05) is 0 Å². The van der Waals surface area contributed by atoms with Crippen LogP contribution in [0.2, 0.25) is 0 Å². The third kappa shape index (κ3) is 7.77. The van der Waals surface area contributed by atoms with E-state index in [0.29, 0.717) is 18.2 Å². The van der Waals surface area contributed by atoms with Crippen molar-refractivity contribution in [1.82, 2.24) is 5.32 Å². The van der Waals surface area contributed by atoms with Crippen LogP contribution in [0.5, 0.6) is 0 Å². The molecule has 0 aliphatic carbocycles. The molecule has 0 spiro atoms. The van der Waals surface area contributed by atoms with Crippen molar-refractivity contribution in [3.63, 3.8) is 0 Å². The van der Waals surface area contributed by atoms with E-state index in [2.05, 4.69) is 24.5 Å². The van der Waals surface area contributed by atoms with Crippen molar-refractivity contribution in [2.24, 2.45) is 5.92 Å². The average molecular weight is 290 g/mol. The number of carbonyl (C=O) groups is 2. The molecule has 0 saturated heterocycles. The van der Waals surface area contributed by atoms with E-state index in [1.54, 1.807) is 24.3 Å². The highest BCUT2D eigenvalue weighted by Gasteiger charge is 2.01. The van der Waals surface area contributed by atoms with Gasteiger partial charge in [0.15, 0.2) is 0 Å². The number of urea groups is 1. The number of anilines is 1. The molecule has 5 heteroatoms. The maximum atomic E-state index is 11.6. The molecule has 0 fully saturated rings. The summed E-state index contributed by atoms with van der Waals surface area (Å²) in [6.45, 7) is 4.96. The Balaban J connectivity index is 2.37. The average Bonchev–Trinajstić information content (AvgIpc) is 2.42. The molecular weight excluding hydrogens is 268 g/mol. The van der Waals surface area contributed by atoms with Gasteiger partial charge in [-0.1, -0.05) is 26.0 Å². The zero-order chi connectivity index (χ0) is 15.7. The van der Waals surface area contributed by atoms with Gasteiger partial charge in [0.2, 0.25) is 0 Å². The molecule has 114 valence electrons. The van der Waals surface area contributed by atoms with Crippen molar-refractivity contribution < 1.29 is 14.7 Å². The van der Waals surface area contributed by atoms with Crippen LogP contribution in [0.4, 0.5) is 10.5 Å². The first-order chi connectivity index (χ1) is 9.97. The first kappa shape index (κ1) is 16.8. The summed E-state index contributed by atoms with van der Waals surface area (Å²) in [5.74, 6) is -0.348. The summed E-state index contributed by atoms with van der Waals surface area (Å²) < 4.78 is 0. The van der Waals surface area contributed by atoms with E-state index in [0.717, 1.165) is 24.5 Å². The van der Waals surface area contributed by atoms with E-state index in [-0.39, 0.29) is 6.03 Å². The minimum atomic E-state index is -0.988. The Morgan fingerprint density at radius 2 is 1.90 bits per heavy atom. The number of amides is 2. The fourth-order valence-electron chi connectivity index (χ4n) is 1.73. The van der Waals surface area contributed by atoms with E-state index in [4.69, 9.17) is 5.11 Å². The van der Waals surface area contributed by atoms with Gasteiger partial charge >= 0.3 is 12.0 Å². The standard InChI is InChI=1S/C16H22N2O3/c1-12(2)4-3-11-17-16(21)18-14-8-5-13(6-9-14)7-10-15(19)20/h5-10,12H,3-4,11H2,1-2H3,(H,19,20)(H2,17,18,21). The highest BCUT2D eigenvalue weighted by atomic mass is 16.4. The molecule has 1 rings (SSSR count). The van der Waals surface area contributed by atoms with Gasteiger partial charge in [0.05, 0.1) is 0 Å². The molecule has 0 radical (unpaired) electrons. The summed E-state index contributed by atoms with van der Waals surface area (Å²) in [4.78, 5) is 22.0. The molecular formula is C16H22N2O3. The maximum absolute atomic E-state index is 11.6. The van der Waals surface area contributed by atoms with Crippen LogP contribution in [0.15, 0.2) is 30.3 Å². The van der Waals surface area contributed by atoms with Crippen LogP contribution in [0.1, 0.15) is 32.3 Å². The van der Waals surface area contributed by atoms with Gasteiger partial charge in [-0.3, -0.25) is 0 Å². The van der Waals surface area contributed by atoms with Crippen molar-refractivity contribution >= 4 is 23.8 Å². The number of carboxylic acids is 1. The highest BCUT2D eigenvalue weighted by Crippen LogP contribution is 2.10. The lowest BCUT2D eigenvalue weighted by Gasteiger charge is -2.08. The molecule has 0 saturated carbocycles. The lowest BCUT2D eigenvalue weighted by atomic mass is 10.1. The first-order valence-electron chi connectivity index (χ1n) is 7.03. The topological polar surface area (TPSA) is 78.4 Å². The molecule has 0 heterocycles. The van der Waals surface area contributed by atoms with Crippen LogP contribution in [0, 0.1) is 5.92 Å². The van der Waals surface area contributed by atoms with E-state index < -0.39 is 5.97 Å². The number of rotatable bonds is 7. The molecule has 0 bridgehead atoms. The molecule has 0 aliphatic heterocycles. The molecule has 1 aromatic rings. The van der Waals surface area contributed by atoms with E-state index >= 15 is 0 Å².